The van der Waals surface area contributed by atoms with Crippen LogP contribution in [0.3, 0.4) is 0 Å². The Bertz CT molecular complexity index is 590. The molecule has 1 aromatic rings. The minimum absolute atomic E-state index is 0.0673. The molecule has 2 amide bonds. The lowest BCUT2D eigenvalue weighted by atomic mass is 10.1. The second-order valence-corrected chi connectivity index (χ2v) is 4.19. The van der Waals surface area contributed by atoms with Crippen LogP contribution >= 0.6 is 0 Å². The van der Waals surface area contributed by atoms with Crippen molar-refractivity contribution >= 4 is 11.8 Å². The maximum absolute atomic E-state index is 13.8. The molecule has 112 valence electrons. The van der Waals surface area contributed by atoms with Crippen LogP contribution in [-0.4, -0.2) is 43.4 Å². The molecule has 0 radical (unpaired) electrons. The van der Waals surface area contributed by atoms with Crippen LogP contribution in [0.1, 0.15) is 22.8 Å². The van der Waals surface area contributed by atoms with E-state index in [1.54, 1.807) is 6.92 Å². The highest BCUT2D eigenvalue weighted by Gasteiger charge is 2.17. The van der Waals surface area contributed by atoms with E-state index in [9.17, 15) is 14.0 Å². The molecule has 0 aliphatic heterocycles. The van der Waals surface area contributed by atoms with Crippen molar-refractivity contribution in [3.63, 3.8) is 0 Å². The van der Waals surface area contributed by atoms with Crippen molar-refractivity contribution in [3.05, 3.63) is 35.1 Å². The Labute approximate surface area is 123 Å². The van der Waals surface area contributed by atoms with Gasteiger partial charge in [-0.2, -0.15) is 0 Å². The highest BCUT2D eigenvalue weighted by molar-refractivity contribution is 5.96. The lowest BCUT2D eigenvalue weighted by Gasteiger charge is -2.20. The van der Waals surface area contributed by atoms with Gasteiger partial charge in [0.05, 0.1) is 18.7 Å². The zero-order valence-electron chi connectivity index (χ0n) is 12.1. The molecule has 1 rings (SSSR count). The predicted octanol–water partition coefficient (Wildman–Crippen LogP) is 0.344. The van der Waals surface area contributed by atoms with Gasteiger partial charge >= 0.3 is 0 Å². The number of nitrogens with two attached hydrogens (primary N) is 1. The van der Waals surface area contributed by atoms with E-state index in [2.05, 4.69) is 17.2 Å². The van der Waals surface area contributed by atoms with Gasteiger partial charge in [0.15, 0.2) is 0 Å². The van der Waals surface area contributed by atoms with Gasteiger partial charge in [-0.3, -0.25) is 9.59 Å². The molecule has 5 nitrogen and oxygen atoms in total. The number of rotatable bonds is 4. The molecule has 21 heavy (non-hydrogen) atoms. The monoisotopic (exact) mass is 291 g/mol. The summed E-state index contributed by atoms with van der Waals surface area (Å²) in [6, 6.07) is 4.03. The van der Waals surface area contributed by atoms with Crippen LogP contribution in [0.2, 0.25) is 0 Å². The highest BCUT2D eigenvalue weighted by Crippen LogP contribution is 2.12. The Morgan fingerprint density at radius 1 is 1.43 bits per heavy atom. The summed E-state index contributed by atoms with van der Waals surface area (Å²) in [5, 5.41) is 2.44. The van der Waals surface area contributed by atoms with Crippen LogP contribution in [-0.2, 0) is 4.79 Å². The van der Waals surface area contributed by atoms with Crippen LogP contribution < -0.4 is 11.1 Å². The second-order valence-electron chi connectivity index (χ2n) is 4.19. The quantitative estimate of drug-likeness (QED) is 0.786. The summed E-state index contributed by atoms with van der Waals surface area (Å²) in [5.74, 6) is 3.86. The van der Waals surface area contributed by atoms with E-state index >= 15 is 0 Å². The normalized spacial score (nSPS) is 9.52. The largest absolute Gasteiger partial charge is 0.358 e. The summed E-state index contributed by atoms with van der Waals surface area (Å²) in [6.07, 6.45) is 0. The first kappa shape index (κ1) is 16.7. The first-order valence-electron chi connectivity index (χ1n) is 6.51. The van der Waals surface area contributed by atoms with Gasteiger partial charge in [0, 0.05) is 19.2 Å². The van der Waals surface area contributed by atoms with Crippen LogP contribution in [0.5, 0.6) is 0 Å². The number of amides is 2. The predicted molar refractivity (Wildman–Crippen MR) is 78.0 cm³/mol. The highest BCUT2D eigenvalue weighted by atomic mass is 19.1. The molecule has 6 heteroatoms. The Hall–Kier alpha value is -2.39. The van der Waals surface area contributed by atoms with E-state index in [4.69, 9.17) is 5.73 Å². The molecule has 0 saturated heterocycles. The third-order valence-electron chi connectivity index (χ3n) is 2.82. The van der Waals surface area contributed by atoms with Crippen LogP contribution in [0, 0.1) is 17.7 Å². The molecule has 0 fully saturated rings. The Morgan fingerprint density at radius 2 is 2.14 bits per heavy atom. The number of nitrogens with one attached hydrogen (secondary N) is 1. The number of carbonyl (C=O) groups excluding carboxylic acids is 2. The molecule has 0 aromatic heterocycles. The number of nitrogens with zero attached hydrogens (tertiary/aromatic N) is 1. The smallest absolute Gasteiger partial charge is 0.254 e. The number of benzene rings is 1. The van der Waals surface area contributed by atoms with E-state index in [0.29, 0.717) is 6.54 Å². The standard InChI is InChI=1S/C15H18FN3O2/c1-3-19(10-14(20)18-2)15(21)12-7-6-11(5-4-8-17)13(16)9-12/h6-7,9H,3,8,10,17H2,1-2H3,(H,18,20). The van der Waals surface area contributed by atoms with Gasteiger partial charge < -0.3 is 16.0 Å². The molecule has 0 spiro atoms. The fraction of sp³-hybridized carbons (Fsp3) is 0.333. The van der Waals surface area contributed by atoms with E-state index in [0.717, 1.165) is 6.07 Å². The first-order chi connectivity index (χ1) is 10.0. The molecule has 0 atom stereocenters. The van der Waals surface area contributed by atoms with Crippen LogP contribution in [0.4, 0.5) is 4.39 Å². The average Bonchev–Trinajstić information content (AvgIpc) is 2.50. The number of hydrogen-bond donors (Lipinski definition) is 2. The van der Waals surface area contributed by atoms with Crippen molar-refractivity contribution in [1.29, 1.82) is 0 Å². The van der Waals surface area contributed by atoms with Gasteiger partial charge in [-0.15, -0.1) is 0 Å². The molecule has 0 aliphatic carbocycles. The van der Waals surface area contributed by atoms with Crippen LogP contribution in [0.25, 0.3) is 0 Å². The van der Waals surface area contributed by atoms with Gasteiger partial charge in [-0.1, -0.05) is 11.8 Å². The summed E-state index contributed by atoms with van der Waals surface area (Å²) >= 11 is 0. The van der Waals surface area contributed by atoms with Crippen LogP contribution in [0.15, 0.2) is 18.2 Å². The first-order valence-corrected chi connectivity index (χ1v) is 6.51. The fourth-order valence-electron chi connectivity index (χ4n) is 1.66. The Balaban J connectivity index is 2.96. The summed E-state index contributed by atoms with van der Waals surface area (Å²) in [7, 11) is 1.49. The summed E-state index contributed by atoms with van der Waals surface area (Å²) < 4.78 is 13.8. The van der Waals surface area contributed by atoms with Crippen molar-refractivity contribution in [3.8, 4) is 11.8 Å². The molecule has 0 bridgehead atoms. The van der Waals surface area contributed by atoms with Crippen molar-refractivity contribution in [1.82, 2.24) is 10.2 Å². The minimum Gasteiger partial charge on any atom is -0.358 e. The molecule has 0 aliphatic rings. The SMILES string of the molecule is CCN(CC(=O)NC)C(=O)c1ccc(C#CCN)c(F)c1. The minimum atomic E-state index is -0.585. The Morgan fingerprint density at radius 3 is 2.67 bits per heavy atom. The van der Waals surface area contributed by atoms with Gasteiger partial charge in [-0.25, -0.2) is 4.39 Å². The average molecular weight is 291 g/mol. The van der Waals surface area contributed by atoms with Crippen molar-refractivity contribution in [2.75, 3.05) is 26.7 Å². The lowest BCUT2D eigenvalue weighted by molar-refractivity contribution is -0.121. The lowest BCUT2D eigenvalue weighted by Crippen LogP contribution is -2.39. The van der Waals surface area contributed by atoms with Gasteiger partial charge in [0.25, 0.3) is 5.91 Å². The third kappa shape index (κ3) is 4.58. The van der Waals surface area contributed by atoms with E-state index in [1.165, 1.54) is 24.1 Å². The fourth-order valence-corrected chi connectivity index (χ4v) is 1.66. The summed E-state index contributed by atoms with van der Waals surface area (Å²) in [6.45, 7) is 2.17. The van der Waals surface area contributed by atoms with Crippen molar-refractivity contribution in [2.24, 2.45) is 5.73 Å². The Kier molecular flexibility index (Phi) is 6.37. The zero-order chi connectivity index (χ0) is 15.8. The molecule has 0 saturated carbocycles. The number of hydrogen-bond acceptors (Lipinski definition) is 3. The molecular weight excluding hydrogens is 273 g/mol. The number of likely N-dealkylation sites (N-methyl/N-ethyl adjacent to an activating group) is 2. The maximum Gasteiger partial charge on any atom is 0.254 e. The summed E-state index contributed by atoms with van der Waals surface area (Å²) in [5.41, 5.74) is 5.59. The molecule has 1 aromatic carbocycles. The van der Waals surface area contributed by atoms with Gasteiger partial charge in [-0.05, 0) is 25.1 Å². The second kappa shape index (κ2) is 8.02. The summed E-state index contributed by atoms with van der Waals surface area (Å²) in [4.78, 5) is 24.9. The zero-order valence-corrected chi connectivity index (χ0v) is 12.1. The molecule has 3 N–H and O–H groups in total. The van der Waals surface area contributed by atoms with Gasteiger partial charge in [0.2, 0.25) is 5.91 Å². The van der Waals surface area contributed by atoms with E-state index in [-0.39, 0.29) is 30.1 Å². The number of carbonyl (C=O) groups is 2. The topological polar surface area (TPSA) is 75.4 Å². The van der Waals surface area contributed by atoms with Crippen molar-refractivity contribution < 1.29 is 14.0 Å². The van der Waals surface area contributed by atoms with Gasteiger partial charge in [0.1, 0.15) is 5.82 Å². The third-order valence-corrected chi connectivity index (χ3v) is 2.82. The molecular formula is C15H18FN3O2. The number of halogens is 1. The molecule has 0 heterocycles. The van der Waals surface area contributed by atoms with Crippen molar-refractivity contribution in [2.45, 2.75) is 6.92 Å². The molecule has 0 unspecified atom stereocenters. The maximum atomic E-state index is 13.8. The van der Waals surface area contributed by atoms with E-state index < -0.39 is 11.7 Å². The van der Waals surface area contributed by atoms with E-state index in [1.807, 2.05) is 0 Å².